The van der Waals surface area contributed by atoms with E-state index in [0.29, 0.717) is 93.2 Å². The Morgan fingerprint density at radius 1 is 0.802 bits per heavy atom. The second-order valence-corrected chi connectivity index (χ2v) is 27.2. The summed E-state index contributed by atoms with van der Waals surface area (Å²) in [6.07, 6.45) is 3.91. The van der Waals surface area contributed by atoms with E-state index in [0.717, 1.165) is 61.6 Å². The van der Waals surface area contributed by atoms with Gasteiger partial charge in [-0.05, 0) is 139 Å². The van der Waals surface area contributed by atoms with E-state index in [1.807, 2.05) is 47.2 Å². The number of nitrogens with zero attached hydrogens (tertiary/aromatic N) is 4. The van der Waals surface area contributed by atoms with Crippen molar-refractivity contribution in [1.82, 2.24) is 24.7 Å². The van der Waals surface area contributed by atoms with E-state index in [4.69, 9.17) is 11.6 Å². The highest BCUT2D eigenvalue weighted by molar-refractivity contribution is 7.99. The molecule has 2 atom stereocenters. The lowest BCUT2D eigenvalue weighted by Crippen LogP contribution is -2.47. The van der Waals surface area contributed by atoms with Crippen LogP contribution in [-0.4, -0.2) is 132 Å². The molecule has 432 valence electrons. The van der Waals surface area contributed by atoms with Gasteiger partial charge in [0.25, 0.3) is 25.8 Å². The summed E-state index contributed by atoms with van der Waals surface area (Å²) >= 11 is 7.61. The number of carbonyl (C=O) groups excluding carboxylic acids is 3. The Bertz CT molecular complexity index is 3360. The monoisotopic (exact) mass is 1190 g/mol. The molecule has 14 nitrogen and oxygen atoms in total. The summed E-state index contributed by atoms with van der Waals surface area (Å²) in [5, 5.41) is 6.04. The van der Waals surface area contributed by atoms with Gasteiger partial charge in [-0.2, -0.15) is 13.2 Å². The molecule has 0 spiro atoms. The summed E-state index contributed by atoms with van der Waals surface area (Å²) in [7, 11) is -11.1. The number of allylic oxidation sites excluding steroid dienone is 1. The SMILES string of the molecule is CC1(C)CCC(c2ccc(Cl)cc2)=C(CN2CCN(c3ccc(C(=O)NS(=O)(=O)c4ccc(N[C@H](CCN5CCN(Cc6cc(F)cc(C7CCC(=O)NC7=O)c6)CC5)CSc5ccccc5)c(S(=O)(=O)C(F)(F)F)c4)cc3)CC2)C1. The molecule has 0 aromatic heterocycles. The average molecular weight is 1190 g/mol. The largest absolute Gasteiger partial charge is 0.501 e. The molecule has 5 aromatic carbocycles. The van der Waals surface area contributed by atoms with Crippen LogP contribution in [0.15, 0.2) is 136 Å². The first-order valence-electron chi connectivity index (χ1n) is 27.1. The maximum absolute atomic E-state index is 14.8. The summed E-state index contributed by atoms with van der Waals surface area (Å²) in [5.74, 6) is -2.69. The molecule has 3 saturated heterocycles. The summed E-state index contributed by atoms with van der Waals surface area (Å²) in [4.78, 5) is 45.4. The van der Waals surface area contributed by atoms with Crippen molar-refractivity contribution in [3.8, 4) is 0 Å². The summed E-state index contributed by atoms with van der Waals surface area (Å²) in [5.41, 5.74) is -0.0677. The molecular weight excluding hydrogens is 1130 g/mol. The smallest absolute Gasteiger partial charge is 0.380 e. The van der Waals surface area contributed by atoms with Crippen LogP contribution >= 0.6 is 23.4 Å². The maximum Gasteiger partial charge on any atom is 0.501 e. The number of hydrogen-bond acceptors (Lipinski definition) is 13. The summed E-state index contributed by atoms with van der Waals surface area (Å²) in [6.45, 7) is 11.7. The molecule has 9 rings (SSSR count). The van der Waals surface area contributed by atoms with E-state index in [1.165, 1.54) is 52.7 Å². The molecule has 5 aromatic rings. The molecule has 1 unspecified atom stereocenters. The van der Waals surface area contributed by atoms with Crippen LogP contribution in [0.1, 0.15) is 85.3 Å². The van der Waals surface area contributed by atoms with Gasteiger partial charge in [0.15, 0.2) is 0 Å². The van der Waals surface area contributed by atoms with Crippen molar-refractivity contribution in [1.29, 1.82) is 0 Å². The molecule has 3 amide bonds. The second kappa shape index (κ2) is 25.4. The summed E-state index contributed by atoms with van der Waals surface area (Å²) in [6, 6.07) is 29.9. The van der Waals surface area contributed by atoms with E-state index in [1.54, 1.807) is 18.2 Å². The Morgan fingerprint density at radius 2 is 1.47 bits per heavy atom. The minimum Gasteiger partial charge on any atom is -0.380 e. The summed E-state index contributed by atoms with van der Waals surface area (Å²) < 4.78 is 114. The van der Waals surface area contributed by atoms with Gasteiger partial charge >= 0.3 is 5.51 Å². The Hall–Kier alpha value is -5.81. The van der Waals surface area contributed by atoms with Crippen LogP contribution in [0.4, 0.5) is 28.9 Å². The highest BCUT2D eigenvalue weighted by Crippen LogP contribution is 2.43. The normalized spacial score (nSPS) is 19.3. The number of thioether (sulfide) groups is 1. The number of benzene rings is 5. The maximum atomic E-state index is 14.8. The topological polar surface area (TPSA) is 169 Å². The fraction of sp³-hybridized carbons (Fsp3) is 0.407. The zero-order valence-electron chi connectivity index (χ0n) is 45.1. The second-order valence-electron chi connectivity index (χ2n) is 22.1. The fourth-order valence-corrected chi connectivity index (χ4v) is 14.2. The molecular formula is C59H66ClF4N7O7S3. The van der Waals surface area contributed by atoms with E-state index < -0.39 is 70.4 Å². The molecule has 3 heterocycles. The number of alkyl halides is 3. The Balaban J connectivity index is 0.836. The number of halogens is 5. The lowest BCUT2D eigenvalue weighted by Gasteiger charge is -2.39. The first-order valence-corrected chi connectivity index (χ1v) is 31.4. The molecule has 0 radical (unpaired) electrons. The highest BCUT2D eigenvalue weighted by Gasteiger charge is 2.48. The number of nitrogens with one attached hydrogen (secondary N) is 3. The standard InChI is InChI=1S/C59H66ClF4N7O7S3/c1-58(2)22-20-51(41-8-12-45(60)13-9-41)44(36-58)38-70-28-30-71(31-29-70)48-14-10-42(11-15-48)56(73)67-81(77,78)50-16-18-53(54(35-50)80(75,76)59(62,63)64)65-47(39-79-49-6-4-3-5-7-49)21-23-68-24-26-69(27-25-68)37-40-32-43(34-46(61)33-40)52-17-19-55(72)66-57(52)74/h3-16,18,32-35,47,52,65H,17,19-31,36-39H2,1-2H3,(H,67,73)(H,66,72,74)/t47-,52?/m1/s1. The molecule has 3 N–H and O–H groups in total. The van der Waals surface area contributed by atoms with E-state index in [2.05, 4.69) is 56.2 Å². The highest BCUT2D eigenvalue weighted by atomic mass is 35.5. The molecule has 4 aliphatic rings. The van der Waals surface area contributed by atoms with Gasteiger partial charge < -0.3 is 15.1 Å². The third-order valence-electron chi connectivity index (χ3n) is 15.6. The number of piperazine rings is 2. The zero-order valence-corrected chi connectivity index (χ0v) is 48.3. The molecule has 0 bridgehead atoms. The van der Waals surface area contributed by atoms with E-state index in [9.17, 15) is 48.8 Å². The molecule has 3 fully saturated rings. The van der Waals surface area contributed by atoms with Crippen molar-refractivity contribution in [2.45, 2.75) is 91.1 Å². The number of piperidine rings is 1. The van der Waals surface area contributed by atoms with Crippen molar-refractivity contribution in [2.24, 2.45) is 5.41 Å². The van der Waals surface area contributed by atoms with Crippen LogP contribution in [0, 0.1) is 11.2 Å². The number of hydrogen-bond donors (Lipinski definition) is 3. The Morgan fingerprint density at radius 3 is 2.15 bits per heavy atom. The fourth-order valence-electron chi connectivity index (χ4n) is 11.1. The van der Waals surface area contributed by atoms with Gasteiger partial charge in [0.1, 0.15) is 10.7 Å². The first-order chi connectivity index (χ1) is 38.5. The molecule has 1 aliphatic carbocycles. The third kappa shape index (κ3) is 15.3. The number of anilines is 2. The van der Waals surface area contributed by atoms with E-state index in [-0.39, 0.29) is 23.3 Å². The van der Waals surface area contributed by atoms with Gasteiger partial charge in [-0.15, -0.1) is 11.8 Å². The number of amides is 3. The van der Waals surface area contributed by atoms with Crippen molar-refractivity contribution >= 4 is 77.9 Å². The quantitative estimate of drug-likeness (QED) is 0.0406. The van der Waals surface area contributed by atoms with Crippen molar-refractivity contribution in [3.63, 3.8) is 0 Å². The van der Waals surface area contributed by atoms with Gasteiger partial charge in [0.2, 0.25) is 11.8 Å². The van der Waals surface area contributed by atoms with Gasteiger partial charge in [0.05, 0.1) is 16.5 Å². The van der Waals surface area contributed by atoms with Crippen LogP contribution in [0.5, 0.6) is 0 Å². The molecule has 3 aliphatic heterocycles. The van der Waals surface area contributed by atoms with Crippen molar-refractivity contribution in [2.75, 3.05) is 81.4 Å². The molecule has 22 heteroatoms. The lowest BCUT2D eigenvalue weighted by atomic mass is 9.73. The van der Waals surface area contributed by atoms with Crippen LogP contribution in [-0.2, 0) is 36.0 Å². The first kappa shape index (κ1) is 59.8. The predicted octanol–water partition coefficient (Wildman–Crippen LogP) is 9.98. The Labute approximate surface area is 480 Å². The van der Waals surface area contributed by atoms with Gasteiger partial charge in [-0.25, -0.2) is 25.9 Å². The van der Waals surface area contributed by atoms with Gasteiger partial charge in [-0.3, -0.25) is 29.5 Å². The van der Waals surface area contributed by atoms with Crippen molar-refractivity contribution in [3.05, 3.63) is 154 Å². The molecule has 0 saturated carbocycles. The number of imide groups is 1. The van der Waals surface area contributed by atoms with Crippen LogP contribution < -0.4 is 20.3 Å². The minimum atomic E-state index is -6.15. The Kier molecular flexibility index (Phi) is 18.7. The van der Waals surface area contributed by atoms with Crippen LogP contribution in [0.25, 0.3) is 5.57 Å². The predicted molar refractivity (Wildman–Crippen MR) is 308 cm³/mol. The minimum absolute atomic E-state index is 0.0312. The van der Waals surface area contributed by atoms with Crippen molar-refractivity contribution < 1.29 is 48.8 Å². The number of sulfone groups is 1. The van der Waals surface area contributed by atoms with Gasteiger partial charge in [0, 0.05) is 111 Å². The zero-order chi connectivity index (χ0) is 57.7. The lowest BCUT2D eigenvalue weighted by molar-refractivity contribution is -0.134. The van der Waals surface area contributed by atoms with Gasteiger partial charge in [-0.1, -0.05) is 67.4 Å². The third-order valence-corrected chi connectivity index (χ3v) is 19.9. The molecule has 81 heavy (non-hydrogen) atoms. The number of carbonyl (C=O) groups is 3. The number of sulfonamides is 1. The van der Waals surface area contributed by atoms with Crippen LogP contribution in [0.2, 0.25) is 5.02 Å². The number of rotatable bonds is 19. The van der Waals surface area contributed by atoms with Crippen LogP contribution in [0.3, 0.4) is 0 Å². The average Bonchev–Trinajstić information content (AvgIpc) is 3.51. The van der Waals surface area contributed by atoms with E-state index >= 15 is 0 Å².